The van der Waals surface area contributed by atoms with Crippen LogP contribution in [-0.4, -0.2) is 63.0 Å². The molecule has 2 fully saturated rings. The van der Waals surface area contributed by atoms with Gasteiger partial charge in [0.15, 0.2) is 0 Å². The van der Waals surface area contributed by atoms with Crippen LogP contribution >= 0.6 is 0 Å². The number of carbonyl (C=O) groups excluding carboxylic acids is 1. The highest BCUT2D eigenvalue weighted by molar-refractivity contribution is 5.89. The van der Waals surface area contributed by atoms with Gasteiger partial charge in [-0.15, -0.1) is 0 Å². The fraction of sp³-hybridized carbons (Fsp3) is 0.421. The van der Waals surface area contributed by atoms with Gasteiger partial charge in [0.1, 0.15) is 0 Å². The number of benzene rings is 1. The lowest BCUT2D eigenvalue weighted by atomic mass is 10.2. The number of imidazole rings is 1. The molecular weight excluding hydrogens is 358 g/mol. The topological polar surface area (TPSA) is 100 Å². The van der Waals surface area contributed by atoms with Crippen LogP contribution in [0.2, 0.25) is 0 Å². The minimum absolute atomic E-state index is 0.195. The summed E-state index contributed by atoms with van der Waals surface area (Å²) < 4.78 is 7.04. The number of rotatable bonds is 5. The van der Waals surface area contributed by atoms with Crippen molar-refractivity contribution in [3.05, 3.63) is 36.2 Å². The smallest absolute Gasteiger partial charge is 0.319 e. The van der Waals surface area contributed by atoms with Gasteiger partial charge in [-0.3, -0.25) is 4.90 Å². The van der Waals surface area contributed by atoms with Crippen molar-refractivity contribution in [3.63, 3.8) is 0 Å². The van der Waals surface area contributed by atoms with Crippen molar-refractivity contribution in [2.45, 2.75) is 25.4 Å². The van der Waals surface area contributed by atoms with E-state index in [2.05, 4.69) is 42.7 Å². The minimum atomic E-state index is -0.195. The van der Waals surface area contributed by atoms with E-state index in [1.165, 1.54) is 5.56 Å². The zero-order valence-corrected chi connectivity index (χ0v) is 15.5. The van der Waals surface area contributed by atoms with E-state index in [9.17, 15) is 4.79 Å². The van der Waals surface area contributed by atoms with Gasteiger partial charge in [0.05, 0.1) is 42.3 Å². The van der Waals surface area contributed by atoms with Gasteiger partial charge in [-0.25, -0.2) is 14.5 Å². The number of ether oxygens (including phenoxy) is 1. The molecule has 1 saturated heterocycles. The highest BCUT2D eigenvalue weighted by Gasteiger charge is 2.23. The van der Waals surface area contributed by atoms with Gasteiger partial charge in [0.2, 0.25) is 5.95 Å². The fourth-order valence-corrected chi connectivity index (χ4v) is 3.35. The second-order valence-corrected chi connectivity index (χ2v) is 7.35. The third kappa shape index (κ3) is 3.85. The molecule has 9 heteroatoms. The second kappa shape index (κ2) is 7.25. The van der Waals surface area contributed by atoms with Gasteiger partial charge in [-0.1, -0.05) is 6.07 Å². The number of anilines is 1. The highest BCUT2D eigenvalue weighted by Crippen LogP contribution is 2.20. The Labute approximate surface area is 162 Å². The third-order valence-electron chi connectivity index (χ3n) is 5.01. The molecule has 9 nitrogen and oxygen atoms in total. The maximum absolute atomic E-state index is 11.9. The molecule has 0 atom stereocenters. The second-order valence-electron chi connectivity index (χ2n) is 7.35. The van der Waals surface area contributed by atoms with Crippen molar-refractivity contribution in [2.24, 2.45) is 0 Å². The molecule has 1 aromatic carbocycles. The molecule has 2 aliphatic rings. The summed E-state index contributed by atoms with van der Waals surface area (Å²) in [5.74, 6) is 0.620. The molecule has 3 N–H and O–H groups in total. The molecule has 1 aliphatic heterocycles. The summed E-state index contributed by atoms with van der Waals surface area (Å²) in [6.07, 6.45) is 5.47. The zero-order chi connectivity index (χ0) is 18.9. The number of hydrogen-bond donors (Lipinski definition) is 3. The van der Waals surface area contributed by atoms with Crippen LogP contribution in [-0.2, 0) is 11.3 Å². The summed E-state index contributed by atoms with van der Waals surface area (Å²) in [5, 5.41) is 10.00. The van der Waals surface area contributed by atoms with E-state index < -0.39 is 0 Å². The number of fused-ring (bicyclic) bond motifs is 1. The molecule has 5 rings (SSSR count). The van der Waals surface area contributed by atoms with Crippen molar-refractivity contribution in [1.29, 1.82) is 0 Å². The predicted octanol–water partition coefficient (Wildman–Crippen LogP) is 1.86. The molecule has 2 amide bonds. The third-order valence-corrected chi connectivity index (χ3v) is 5.01. The molecule has 0 spiro atoms. The Kier molecular flexibility index (Phi) is 4.46. The molecule has 0 bridgehead atoms. The SMILES string of the molecule is O=C(Nc1cnn(-c2nc3ccc(CN4CCOCC4)cc3[nH]2)c1)NC1CC1. The lowest BCUT2D eigenvalue weighted by molar-refractivity contribution is 0.0342. The average Bonchev–Trinajstić information content (AvgIpc) is 3.22. The monoisotopic (exact) mass is 381 g/mol. The van der Waals surface area contributed by atoms with Crippen LogP contribution < -0.4 is 10.6 Å². The van der Waals surface area contributed by atoms with Crippen molar-refractivity contribution < 1.29 is 9.53 Å². The number of aromatic amines is 1. The number of carbonyl (C=O) groups is 1. The van der Waals surface area contributed by atoms with Gasteiger partial charge in [-0.05, 0) is 30.5 Å². The van der Waals surface area contributed by atoms with Gasteiger partial charge >= 0.3 is 6.03 Å². The predicted molar refractivity (Wildman–Crippen MR) is 104 cm³/mol. The first-order valence-corrected chi connectivity index (χ1v) is 9.64. The number of aromatic nitrogens is 4. The normalized spacial score (nSPS) is 17.7. The first-order chi connectivity index (χ1) is 13.7. The Hall–Kier alpha value is -2.91. The molecular formula is C19H23N7O2. The van der Waals surface area contributed by atoms with Gasteiger partial charge in [0, 0.05) is 25.7 Å². The lowest BCUT2D eigenvalue weighted by Gasteiger charge is -2.26. The Bertz CT molecular complexity index is 985. The number of hydrogen-bond acceptors (Lipinski definition) is 5. The van der Waals surface area contributed by atoms with Crippen LogP contribution in [0.5, 0.6) is 0 Å². The Morgan fingerprint density at radius 2 is 2.14 bits per heavy atom. The van der Waals surface area contributed by atoms with E-state index >= 15 is 0 Å². The van der Waals surface area contributed by atoms with E-state index in [-0.39, 0.29) is 6.03 Å². The molecule has 146 valence electrons. The first kappa shape index (κ1) is 17.2. The largest absolute Gasteiger partial charge is 0.379 e. The van der Waals surface area contributed by atoms with Crippen molar-refractivity contribution in [3.8, 4) is 5.95 Å². The summed E-state index contributed by atoms with van der Waals surface area (Å²) >= 11 is 0. The number of H-pyrrole nitrogens is 1. The molecule has 1 saturated carbocycles. The molecule has 3 aromatic rings. The maximum atomic E-state index is 11.9. The van der Waals surface area contributed by atoms with Gasteiger partial charge < -0.3 is 20.4 Å². The lowest BCUT2D eigenvalue weighted by Crippen LogP contribution is -2.35. The van der Waals surface area contributed by atoms with E-state index in [1.54, 1.807) is 17.1 Å². The van der Waals surface area contributed by atoms with E-state index in [0.717, 1.165) is 56.7 Å². The quantitative estimate of drug-likeness (QED) is 0.626. The Morgan fingerprint density at radius 1 is 1.29 bits per heavy atom. The number of urea groups is 1. The standard InChI is InChI=1S/C19H23N7O2/c27-19(21-14-2-3-14)22-15-10-20-26(12-15)18-23-16-4-1-13(9-17(16)24-18)11-25-5-7-28-8-6-25/h1,4,9-10,12,14H,2-3,5-8,11H2,(H,23,24)(H2,21,22,27). The molecule has 28 heavy (non-hydrogen) atoms. The maximum Gasteiger partial charge on any atom is 0.319 e. The van der Waals surface area contributed by atoms with Gasteiger partial charge in [-0.2, -0.15) is 5.10 Å². The summed E-state index contributed by atoms with van der Waals surface area (Å²) in [5.41, 5.74) is 3.73. The van der Waals surface area contributed by atoms with Gasteiger partial charge in [0.25, 0.3) is 0 Å². The first-order valence-electron chi connectivity index (χ1n) is 9.64. The molecule has 1 aliphatic carbocycles. The number of nitrogens with one attached hydrogen (secondary N) is 3. The Morgan fingerprint density at radius 3 is 2.96 bits per heavy atom. The summed E-state index contributed by atoms with van der Waals surface area (Å²) in [6.45, 7) is 4.42. The number of morpholine rings is 1. The summed E-state index contributed by atoms with van der Waals surface area (Å²) in [6, 6.07) is 6.39. The number of nitrogens with zero attached hydrogens (tertiary/aromatic N) is 4. The zero-order valence-electron chi connectivity index (χ0n) is 15.5. The fourth-order valence-electron chi connectivity index (χ4n) is 3.35. The van der Waals surface area contributed by atoms with Crippen LogP contribution in [0.15, 0.2) is 30.6 Å². The average molecular weight is 381 g/mol. The summed E-state index contributed by atoms with van der Waals surface area (Å²) in [4.78, 5) is 22.2. The molecule has 3 heterocycles. The van der Waals surface area contributed by atoms with Crippen LogP contribution in [0.4, 0.5) is 10.5 Å². The Balaban J connectivity index is 1.29. The van der Waals surface area contributed by atoms with Crippen LogP contribution in [0, 0.1) is 0 Å². The molecule has 0 unspecified atom stereocenters. The highest BCUT2D eigenvalue weighted by atomic mass is 16.5. The molecule has 2 aromatic heterocycles. The van der Waals surface area contributed by atoms with Crippen molar-refractivity contribution >= 4 is 22.8 Å². The van der Waals surface area contributed by atoms with E-state index in [0.29, 0.717) is 17.7 Å². The van der Waals surface area contributed by atoms with Crippen molar-refractivity contribution in [1.82, 2.24) is 30.0 Å². The summed E-state index contributed by atoms with van der Waals surface area (Å²) in [7, 11) is 0. The minimum Gasteiger partial charge on any atom is -0.379 e. The van der Waals surface area contributed by atoms with Crippen molar-refractivity contribution in [2.75, 3.05) is 31.6 Å². The van der Waals surface area contributed by atoms with E-state index in [1.807, 2.05) is 6.07 Å². The number of amides is 2. The molecule has 0 radical (unpaired) electrons. The van der Waals surface area contributed by atoms with Crippen LogP contribution in [0.3, 0.4) is 0 Å². The van der Waals surface area contributed by atoms with Crippen LogP contribution in [0.1, 0.15) is 18.4 Å². The van der Waals surface area contributed by atoms with E-state index in [4.69, 9.17) is 4.74 Å². The van der Waals surface area contributed by atoms with Crippen LogP contribution in [0.25, 0.3) is 17.0 Å².